The Bertz CT molecular complexity index is 1140. The number of rotatable bonds is 7. The van der Waals surface area contributed by atoms with E-state index in [1.54, 1.807) is 12.1 Å². The van der Waals surface area contributed by atoms with Crippen LogP contribution in [0.1, 0.15) is 45.5 Å². The van der Waals surface area contributed by atoms with Gasteiger partial charge < -0.3 is 0 Å². The number of hydrogen-bond acceptors (Lipinski definition) is 3. The lowest BCUT2D eigenvalue weighted by molar-refractivity contribution is -0.137. The quantitative estimate of drug-likeness (QED) is 0.338. The maximum Gasteiger partial charge on any atom is 0.416 e. The summed E-state index contributed by atoms with van der Waals surface area (Å²) in [7, 11) is 0. The SMILES string of the molecule is O=C(N/N=C\c1cccc(C(F)(F)F)c1)c1ccc(CN2CCC(Cc3ccccc3)CC2)cc1. The number of benzene rings is 3. The van der Waals surface area contributed by atoms with Crippen molar-refractivity contribution in [3.05, 3.63) is 107 Å². The number of likely N-dealkylation sites (tertiary alicyclic amines) is 1. The Hall–Kier alpha value is -3.45. The van der Waals surface area contributed by atoms with Crippen LogP contribution in [0.2, 0.25) is 0 Å². The van der Waals surface area contributed by atoms with E-state index < -0.39 is 17.6 Å². The first-order valence-electron chi connectivity index (χ1n) is 11.7. The normalized spacial score (nSPS) is 15.4. The number of nitrogens with one attached hydrogen (secondary N) is 1. The first-order chi connectivity index (χ1) is 16.9. The Morgan fingerprint density at radius 1 is 0.943 bits per heavy atom. The number of amides is 1. The number of carbonyl (C=O) groups excluding carboxylic acids is 1. The van der Waals surface area contributed by atoms with Crippen LogP contribution in [0.25, 0.3) is 0 Å². The number of carbonyl (C=O) groups is 1. The van der Waals surface area contributed by atoms with Gasteiger partial charge in [0.05, 0.1) is 11.8 Å². The van der Waals surface area contributed by atoms with E-state index in [0.29, 0.717) is 5.56 Å². The van der Waals surface area contributed by atoms with Gasteiger partial charge in [-0.2, -0.15) is 18.3 Å². The monoisotopic (exact) mass is 479 g/mol. The molecule has 1 aliphatic heterocycles. The van der Waals surface area contributed by atoms with Crippen LogP contribution in [-0.2, 0) is 19.1 Å². The van der Waals surface area contributed by atoms with Crippen LogP contribution in [0, 0.1) is 5.92 Å². The summed E-state index contributed by atoms with van der Waals surface area (Å²) in [6, 6.07) is 22.7. The van der Waals surface area contributed by atoms with Crippen molar-refractivity contribution in [3.8, 4) is 0 Å². The Morgan fingerprint density at radius 3 is 2.34 bits per heavy atom. The summed E-state index contributed by atoms with van der Waals surface area (Å²) in [5, 5.41) is 3.79. The summed E-state index contributed by atoms with van der Waals surface area (Å²) in [5.74, 6) is 0.303. The second-order valence-corrected chi connectivity index (χ2v) is 8.93. The van der Waals surface area contributed by atoms with Gasteiger partial charge in [0.2, 0.25) is 0 Å². The van der Waals surface area contributed by atoms with E-state index in [-0.39, 0.29) is 5.56 Å². The smallest absolute Gasteiger partial charge is 0.299 e. The summed E-state index contributed by atoms with van der Waals surface area (Å²) < 4.78 is 38.4. The molecule has 1 aliphatic rings. The molecule has 0 spiro atoms. The first-order valence-corrected chi connectivity index (χ1v) is 11.7. The molecule has 0 saturated carbocycles. The fraction of sp³-hybridized carbons (Fsp3) is 0.286. The fourth-order valence-corrected chi connectivity index (χ4v) is 4.34. The molecule has 1 fully saturated rings. The Morgan fingerprint density at radius 2 is 1.66 bits per heavy atom. The van der Waals surface area contributed by atoms with Crippen LogP contribution in [-0.4, -0.2) is 30.1 Å². The van der Waals surface area contributed by atoms with Crippen molar-refractivity contribution in [2.75, 3.05) is 13.1 Å². The largest absolute Gasteiger partial charge is 0.416 e. The van der Waals surface area contributed by atoms with E-state index in [2.05, 4.69) is 45.8 Å². The highest BCUT2D eigenvalue weighted by Crippen LogP contribution is 2.29. The van der Waals surface area contributed by atoms with E-state index in [0.717, 1.165) is 49.7 Å². The third kappa shape index (κ3) is 7.26. The van der Waals surface area contributed by atoms with Crippen LogP contribution < -0.4 is 5.43 Å². The van der Waals surface area contributed by atoms with Crippen LogP contribution in [0.15, 0.2) is 84.0 Å². The van der Waals surface area contributed by atoms with Crippen molar-refractivity contribution < 1.29 is 18.0 Å². The van der Waals surface area contributed by atoms with E-state index in [9.17, 15) is 18.0 Å². The summed E-state index contributed by atoms with van der Waals surface area (Å²) in [4.78, 5) is 14.8. The molecule has 3 aromatic carbocycles. The number of piperidine rings is 1. The lowest BCUT2D eigenvalue weighted by Gasteiger charge is -2.32. The molecule has 35 heavy (non-hydrogen) atoms. The van der Waals surface area contributed by atoms with E-state index >= 15 is 0 Å². The van der Waals surface area contributed by atoms with Crippen LogP contribution >= 0.6 is 0 Å². The first kappa shape index (κ1) is 24.7. The van der Waals surface area contributed by atoms with Gasteiger partial charge in [-0.05, 0) is 79.2 Å². The molecule has 7 heteroatoms. The predicted molar refractivity (Wildman–Crippen MR) is 131 cm³/mol. The zero-order valence-corrected chi connectivity index (χ0v) is 19.3. The lowest BCUT2D eigenvalue weighted by Crippen LogP contribution is -2.33. The number of nitrogens with zero attached hydrogens (tertiary/aromatic N) is 2. The minimum atomic E-state index is -4.42. The third-order valence-corrected chi connectivity index (χ3v) is 6.29. The summed E-state index contributed by atoms with van der Waals surface area (Å²) >= 11 is 0. The molecular formula is C28H28F3N3O. The van der Waals surface area contributed by atoms with Crippen LogP contribution in [0.5, 0.6) is 0 Å². The van der Waals surface area contributed by atoms with Gasteiger partial charge in [-0.25, -0.2) is 5.43 Å². The second kappa shape index (κ2) is 11.3. The van der Waals surface area contributed by atoms with Crippen molar-refractivity contribution >= 4 is 12.1 Å². The van der Waals surface area contributed by atoms with E-state index in [4.69, 9.17) is 0 Å². The molecule has 1 heterocycles. The Balaban J connectivity index is 1.24. The van der Waals surface area contributed by atoms with Gasteiger partial charge >= 0.3 is 6.18 Å². The molecule has 0 bridgehead atoms. The lowest BCUT2D eigenvalue weighted by atomic mass is 9.90. The summed E-state index contributed by atoms with van der Waals surface area (Å²) in [6.07, 6.45) is 0.267. The summed E-state index contributed by atoms with van der Waals surface area (Å²) in [5.41, 5.74) is 4.84. The zero-order valence-electron chi connectivity index (χ0n) is 19.3. The topological polar surface area (TPSA) is 44.7 Å². The molecule has 0 aromatic heterocycles. The highest BCUT2D eigenvalue weighted by atomic mass is 19.4. The molecule has 1 saturated heterocycles. The molecule has 1 amide bonds. The zero-order chi connectivity index (χ0) is 24.7. The third-order valence-electron chi connectivity index (χ3n) is 6.29. The molecule has 0 aliphatic carbocycles. The van der Waals surface area contributed by atoms with Crippen molar-refractivity contribution in [1.82, 2.24) is 10.3 Å². The summed E-state index contributed by atoms with van der Waals surface area (Å²) in [6.45, 7) is 2.96. The fourth-order valence-electron chi connectivity index (χ4n) is 4.34. The Kier molecular flexibility index (Phi) is 7.98. The van der Waals surface area contributed by atoms with Gasteiger partial charge in [0, 0.05) is 12.1 Å². The molecule has 3 aromatic rings. The number of halogens is 3. The maximum atomic E-state index is 12.8. The second-order valence-electron chi connectivity index (χ2n) is 8.93. The number of alkyl halides is 3. The van der Waals surface area contributed by atoms with Crippen molar-refractivity contribution in [2.24, 2.45) is 11.0 Å². The molecule has 4 nitrogen and oxygen atoms in total. The van der Waals surface area contributed by atoms with E-state index in [1.165, 1.54) is 36.8 Å². The van der Waals surface area contributed by atoms with Crippen molar-refractivity contribution in [1.29, 1.82) is 0 Å². The molecule has 0 unspecified atom stereocenters. The standard InChI is InChI=1S/C28H28F3N3O/c29-28(30,31)26-8-4-7-24(18-26)19-32-33-27(35)25-11-9-23(10-12-25)20-34-15-13-22(14-16-34)17-21-5-2-1-3-6-21/h1-12,18-19,22H,13-17,20H2,(H,33,35)/b32-19-. The van der Waals surface area contributed by atoms with Gasteiger partial charge in [-0.15, -0.1) is 0 Å². The molecule has 182 valence electrons. The van der Waals surface area contributed by atoms with Crippen LogP contribution in [0.4, 0.5) is 13.2 Å². The van der Waals surface area contributed by atoms with Crippen LogP contribution in [0.3, 0.4) is 0 Å². The van der Waals surface area contributed by atoms with Crippen molar-refractivity contribution in [2.45, 2.75) is 32.0 Å². The average molecular weight is 480 g/mol. The maximum absolute atomic E-state index is 12.8. The molecule has 4 rings (SSSR count). The van der Waals surface area contributed by atoms with Crippen molar-refractivity contribution in [3.63, 3.8) is 0 Å². The van der Waals surface area contributed by atoms with Gasteiger partial charge in [-0.3, -0.25) is 9.69 Å². The molecular weight excluding hydrogens is 451 g/mol. The minimum Gasteiger partial charge on any atom is -0.299 e. The molecule has 1 N–H and O–H groups in total. The van der Waals surface area contributed by atoms with E-state index in [1.807, 2.05) is 12.1 Å². The highest BCUT2D eigenvalue weighted by molar-refractivity contribution is 5.94. The highest BCUT2D eigenvalue weighted by Gasteiger charge is 2.30. The van der Waals surface area contributed by atoms with Gasteiger partial charge in [0.1, 0.15) is 0 Å². The Labute approximate surface area is 203 Å². The predicted octanol–water partition coefficient (Wildman–Crippen LogP) is 5.92. The minimum absolute atomic E-state index is 0.253. The molecule has 0 atom stereocenters. The van der Waals surface area contributed by atoms with Gasteiger partial charge in [-0.1, -0.05) is 54.6 Å². The van der Waals surface area contributed by atoms with Gasteiger partial charge in [0.25, 0.3) is 5.91 Å². The number of hydrogen-bond donors (Lipinski definition) is 1. The molecule has 0 radical (unpaired) electrons. The number of hydrazone groups is 1. The average Bonchev–Trinajstić information content (AvgIpc) is 2.86. The van der Waals surface area contributed by atoms with Gasteiger partial charge in [0.15, 0.2) is 0 Å².